The Hall–Kier alpha value is -3.66. The van der Waals surface area contributed by atoms with Crippen molar-refractivity contribution >= 4 is 29.3 Å². The fourth-order valence-corrected chi connectivity index (χ4v) is 4.11. The molecule has 4 rings (SSSR count). The van der Waals surface area contributed by atoms with Gasteiger partial charge in [0.1, 0.15) is 6.61 Å². The number of piperazine rings is 1. The van der Waals surface area contributed by atoms with E-state index in [1.54, 1.807) is 12.4 Å². The maximum absolute atomic E-state index is 13.0. The first-order chi connectivity index (χ1) is 18.0. The van der Waals surface area contributed by atoms with Crippen LogP contribution in [0.15, 0.2) is 42.7 Å². The molecule has 2 amide bonds. The summed E-state index contributed by atoms with van der Waals surface area (Å²) in [6, 6.07) is 3.60. The highest BCUT2D eigenvalue weighted by Gasteiger charge is 2.37. The van der Waals surface area contributed by atoms with E-state index in [1.165, 1.54) is 0 Å². The molecule has 9 nitrogen and oxygen atoms in total. The Morgan fingerprint density at radius 2 is 1.58 bits per heavy atom. The molecule has 16 heteroatoms. The smallest absolute Gasteiger partial charge is 0.416 e. The first-order valence-corrected chi connectivity index (χ1v) is 11.9. The van der Waals surface area contributed by atoms with E-state index in [2.05, 4.69) is 19.0 Å². The number of carbonyl (C=O) groups is 1. The van der Waals surface area contributed by atoms with Crippen LogP contribution in [0.5, 0.6) is 5.88 Å². The fourth-order valence-electron chi connectivity index (χ4n) is 3.59. The lowest BCUT2D eigenvalue weighted by molar-refractivity contribution is -0.143. The molecule has 2 aromatic heterocycles. The lowest BCUT2D eigenvalue weighted by Crippen LogP contribution is -2.50. The Kier molecular flexibility index (Phi) is 8.20. The summed E-state index contributed by atoms with van der Waals surface area (Å²) >= 11 is 1.02. The summed E-state index contributed by atoms with van der Waals surface area (Å²) in [5.41, 5.74) is -2.73. The number of nitrogens with one attached hydrogen (secondary N) is 2. The maximum Gasteiger partial charge on any atom is 0.416 e. The number of urea groups is 1. The molecule has 0 bridgehead atoms. The predicted molar refractivity (Wildman–Crippen MR) is 126 cm³/mol. The minimum atomic E-state index is -5.01. The van der Waals surface area contributed by atoms with E-state index in [4.69, 9.17) is 4.74 Å². The van der Waals surface area contributed by atoms with E-state index in [-0.39, 0.29) is 12.7 Å². The van der Waals surface area contributed by atoms with Crippen LogP contribution in [-0.4, -0.2) is 57.5 Å². The number of hydrogen-bond acceptors (Lipinski definition) is 8. The molecular formula is C22H21F6N7O2S. The number of rotatable bonds is 7. The van der Waals surface area contributed by atoms with Crippen LogP contribution in [-0.2, 0) is 19.0 Å². The second-order valence-electron chi connectivity index (χ2n) is 8.23. The second kappa shape index (κ2) is 11.4. The number of carbonyl (C=O) groups excluding carboxylic acids is 1. The van der Waals surface area contributed by atoms with Crippen molar-refractivity contribution in [3.05, 3.63) is 59.4 Å². The largest absolute Gasteiger partial charge is 0.470 e. The summed E-state index contributed by atoms with van der Waals surface area (Å²) in [7, 11) is 0. The third-order valence-corrected chi connectivity index (χ3v) is 6.05. The first-order valence-electron chi connectivity index (χ1n) is 11.1. The Balaban J connectivity index is 1.27. The van der Waals surface area contributed by atoms with E-state index in [0.717, 1.165) is 17.3 Å². The molecule has 0 spiro atoms. The maximum atomic E-state index is 13.0. The molecule has 1 saturated heterocycles. The number of amides is 2. The minimum absolute atomic E-state index is 0.00393. The molecule has 0 saturated carbocycles. The predicted octanol–water partition coefficient (Wildman–Crippen LogP) is 4.45. The molecule has 3 heterocycles. The number of anilines is 2. The molecule has 0 atom stereocenters. The van der Waals surface area contributed by atoms with E-state index in [1.807, 2.05) is 27.2 Å². The number of ether oxygens (including phenoxy) is 1. The van der Waals surface area contributed by atoms with E-state index in [9.17, 15) is 31.1 Å². The highest BCUT2D eigenvalue weighted by atomic mass is 32.1. The topological polar surface area (TPSA) is 95.5 Å². The van der Waals surface area contributed by atoms with Crippen LogP contribution in [0.2, 0.25) is 0 Å². The van der Waals surface area contributed by atoms with Gasteiger partial charge in [0.05, 0.1) is 29.5 Å². The van der Waals surface area contributed by atoms with Crippen LogP contribution in [0, 0.1) is 0 Å². The van der Waals surface area contributed by atoms with Crippen molar-refractivity contribution in [2.45, 2.75) is 19.0 Å². The van der Waals surface area contributed by atoms with Gasteiger partial charge in [0.2, 0.25) is 5.82 Å². The average Bonchev–Trinajstić information content (AvgIpc) is 3.35. The normalized spacial score (nSPS) is 14.8. The van der Waals surface area contributed by atoms with Crippen molar-refractivity contribution in [3.8, 4) is 5.88 Å². The molecule has 1 aliphatic heterocycles. The van der Waals surface area contributed by atoms with Gasteiger partial charge in [0, 0.05) is 44.3 Å². The molecule has 1 fully saturated rings. The highest BCUT2D eigenvalue weighted by Crippen LogP contribution is 2.37. The Morgan fingerprint density at radius 1 is 0.947 bits per heavy atom. The Labute approximate surface area is 216 Å². The van der Waals surface area contributed by atoms with Gasteiger partial charge in [-0.15, -0.1) is 4.37 Å². The van der Waals surface area contributed by atoms with Crippen LogP contribution < -0.4 is 20.3 Å². The molecular weight excluding hydrogens is 540 g/mol. The lowest BCUT2D eigenvalue weighted by atomic mass is 10.1. The molecule has 0 unspecified atom stereocenters. The monoisotopic (exact) mass is 561 g/mol. The Morgan fingerprint density at radius 3 is 2.18 bits per heavy atom. The highest BCUT2D eigenvalue weighted by molar-refractivity contribution is 6.99. The third-order valence-electron chi connectivity index (χ3n) is 5.55. The van der Waals surface area contributed by atoms with Gasteiger partial charge in [-0.2, -0.15) is 30.7 Å². The van der Waals surface area contributed by atoms with Crippen LogP contribution in [0.3, 0.4) is 0 Å². The molecule has 38 heavy (non-hydrogen) atoms. The van der Waals surface area contributed by atoms with Crippen molar-refractivity contribution in [1.82, 2.24) is 23.9 Å². The van der Waals surface area contributed by atoms with Crippen LogP contribution >= 0.6 is 11.7 Å². The summed E-state index contributed by atoms with van der Waals surface area (Å²) in [6.45, 7) is 2.40. The van der Waals surface area contributed by atoms with Crippen molar-refractivity contribution in [2.75, 3.05) is 43.1 Å². The van der Waals surface area contributed by atoms with Crippen molar-refractivity contribution in [2.24, 2.45) is 0 Å². The third kappa shape index (κ3) is 7.22. The summed E-state index contributed by atoms with van der Waals surface area (Å²) < 4.78 is 92.4. The van der Waals surface area contributed by atoms with Gasteiger partial charge in [-0.3, -0.25) is 9.88 Å². The van der Waals surface area contributed by atoms with E-state index in [0.29, 0.717) is 56.6 Å². The molecule has 0 radical (unpaired) electrons. The standard InChI is InChI=1S/C22H21F6N7O2S/c23-21(24,25)15-9-16(22(26,27)28)11-17(10-15)31-20(36)30-13-34-5-7-35(8-6-34)18-19(33-38-32-18)37-12-14-1-3-29-4-2-14/h1-4,9-11H,5-8,12-13H2,(H2,30,31,36). The van der Waals surface area contributed by atoms with Gasteiger partial charge in [0.25, 0.3) is 5.88 Å². The van der Waals surface area contributed by atoms with Gasteiger partial charge in [-0.05, 0) is 35.9 Å². The molecule has 1 aromatic carbocycles. The second-order valence-corrected chi connectivity index (χ2v) is 8.75. The zero-order chi connectivity index (χ0) is 27.3. The van der Waals surface area contributed by atoms with E-state index < -0.39 is 35.2 Å². The molecule has 0 aliphatic carbocycles. The summed E-state index contributed by atoms with van der Waals surface area (Å²) in [4.78, 5) is 20.0. The molecule has 2 N–H and O–H groups in total. The van der Waals surface area contributed by atoms with Crippen LogP contribution in [0.4, 0.5) is 42.6 Å². The van der Waals surface area contributed by atoms with E-state index >= 15 is 0 Å². The van der Waals surface area contributed by atoms with Gasteiger partial charge >= 0.3 is 18.4 Å². The lowest BCUT2D eigenvalue weighted by Gasteiger charge is -2.34. The average molecular weight is 562 g/mol. The molecule has 1 aliphatic rings. The van der Waals surface area contributed by atoms with Gasteiger partial charge in [-0.1, -0.05) is 0 Å². The SMILES string of the molecule is O=C(NCN1CCN(c2nsnc2OCc2ccncc2)CC1)Nc1cc(C(F)(F)F)cc(C(F)(F)F)c1. The number of aromatic nitrogens is 3. The van der Waals surface area contributed by atoms with Crippen molar-refractivity contribution in [1.29, 1.82) is 0 Å². The van der Waals surface area contributed by atoms with Gasteiger partial charge in [0.15, 0.2) is 0 Å². The number of nitrogens with zero attached hydrogens (tertiary/aromatic N) is 5. The Bertz CT molecular complexity index is 1200. The van der Waals surface area contributed by atoms with Crippen molar-refractivity contribution < 1.29 is 35.9 Å². The molecule has 204 valence electrons. The number of hydrogen-bond donors (Lipinski definition) is 2. The number of alkyl halides is 6. The zero-order valence-electron chi connectivity index (χ0n) is 19.5. The summed E-state index contributed by atoms with van der Waals surface area (Å²) in [6.07, 6.45) is -6.70. The number of halogens is 6. The van der Waals surface area contributed by atoms with Gasteiger partial charge < -0.3 is 20.3 Å². The number of pyridine rings is 1. The van der Waals surface area contributed by atoms with Crippen LogP contribution in [0.1, 0.15) is 16.7 Å². The summed E-state index contributed by atoms with van der Waals surface area (Å²) in [5, 5.41) is 4.50. The fraction of sp³-hybridized carbons (Fsp3) is 0.364. The van der Waals surface area contributed by atoms with Crippen LogP contribution in [0.25, 0.3) is 0 Å². The quantitative estimate of drug-likeness (QED) is 0.412. The minimum Gasteiger partial charge on any atom is -0.470 e. The summed E-state index contributed by atoms with van der Waals surface area (Å²) in [5.74, 6) is 0.997. The van der Waals surface area contributed by atoms with Gasteiger partial charge in [-0.25, -0.2) is 4.79 Å². The van der Waals surface area contributed by atoms with Crippen molar-refractivity contribution in [3.63, 3.8) is 0 Å². The number of benzene rings is 1. The zero-order valence-corrected chi connectivity index (χ0v) is 20.3. The first kappa shape index (κ1) is 27.4. The molecule has 3 aromatic rings.